The summed E-state index contributed by atoms with van der Waals surface area (Å²) in [7, 11) is 0. The summed E-state index contributed by atoms with van der Waals surface area (Å²) in [4.78, 5) is 36.3. The monoisotopic (exact) mass is 296 g/mol. The molecular formula is C14H20N2O5. The Balaban J connectivity index is 2.50. The van der Waals surface area contributed by atoms with Crippen LogP contribution in [0.25, 0.3) is 0 Å². The lowest BCUT2D eigenvalue weighted by molar-refractivity contribution is -0.138. The van der Waals surface area contributed by atoms with Gasteiger partial charge in [0.2, 0.25) is 11.3 Å². The maximum Gasteiger partial charge on any atom is 0.303 e. The number of amides is 1. The molecule has 0 aromatic carbocycles. The molecule has 3 N–H and O–H groups in total. The second-order valence-corrected chi connectivity index (χ2v) is 5.06. The molecule has 1 amide bonds. The Bertz CT molecular complexity index is 551. The summed E-state index contributed by atoms with van der Waals surface area (Å²) in [5.41, 5.74) is 0.268. The molecule has 0 saturated carbocycles. The van der Waals surface area contributed by atoms with Crippen LogP contribution in [0, 0.1) is 5.92 Å². The Morgan fingerprint density at radius 3 is 2.67 bits per heavy atom. The van der Waals surface area contributed by atoms with Gasteiger partial charge < -0.3 is 20.1 Å². The smallest absolute Gasteiger partial charge is 0.303 e. The second kappa shape index (κ2) is 8.08. The van der Waals surface area contributed by atoms with E-state index in [9.17, 15) is 14.4 Å². The summed E-state index contributed by atoms with van der Waals surface area (Å²) in [5, 5.41) is 11.0. The van der Waals surface area contributed by atoms with E-state index in [0.29, 0.717) is 18.2 Å². The molecule has 1 heterocycles. The normalized spacial score (nSPS) is 10.4. The van der Waals surface area contributed by atoms with E-state index >= 15 is 0 Å². The number of aromatic amines is 1. The quantitative estimate of drug-likeness (QED) is 0.660. The van der Waals surface area contributed by atoms with Crippen molar-refractivity contribution in [1.29, 1.82) is 0 Å². The second-order valence-electron chi connectivity index (χ2n) is 5.06. The van der Waals surface area contributed by atoms with Crippen LogP contribution in [-0.2, 0) is 16.1 Å². The van der Waals surface area contributed by atoms with E-state index in [1.807, 2.05) is 13.8 Å². The van der Waals surface area contributed by atoms with Crippen LogP contribution in [0.15, 0.2) is 17.1 Å². The van der Waals surface area contributed by atoms with Gasteiger partial charge in [-0.2, -0.15) is 0 Å². The average molecular weight is 296 g/mol. The van der Waals surface area contributed by atoms with Gasteiger partial charge in [-0.15, -0.1) is 0 Å². The lowest BCUT2D eigenvalue weighted by atomic mass is 10.2. The Hall–Kier alpha value is -2.31. The van der Waals surface area contributed by atoms with E-state index < -0.39 is 5.97 Å². The fraction of sp³-hybridized carbons (Fsp3) is 0.500. The first-order chi connectivity index (χ1) is 9.88. The first-order valence-corrected chi connectivity index (χ1v) is 6.71. The van der Waals surface area contributed by atoms with Gasteiger partial charge in [0, 0.05) is 24.4 Å². The summed E-state index contributed by atoms with van der Waals surface area (Å²) < 4.78 is 5.35. The SMILES string of the molecule is CC(C)COc1c[nH]c(CNC(=O)CCC(=O)O)cc1=O. The van der Waals surface area contributed by atoms with E-state index in [1.54, 1.807) is 0 Å². The highest BCUT2D eigenvalue weighted by molar-refractivity contribution is 5.80. The Kier molecular flexibility index (Phi) is 6.45. The number of nitrogens with one attached hydrogen (secondary N) is 2. The maximum absolute atomic E-state index is 11.8. The average Bonchev–Trinajstić information content (AvgIpc) is 2.41. The number of hydrogen-bond donors (Lipinski definition) is 3. The number of aliphatic carboxylic acids is 1. The third-order valence-electron chi connectivity index (χ3n) is 2.55. The lowest BCUT2D eigenvalue weighted by Crippen LogP contribution is -2.24. The number of H-pyrrole nitrogens is 1. The molecule has 0 spiro atoms. The topological polar surface area (TPSA) is 108 Å². The largest absolute Gasteiger partial charge is 0.488 e. The molecule has 0 aliphatic heterocycles. The molecule has 116 valence electrons. The molecule has 0 aliphatic carbocycles. The highest BCUT2D eigenvalue weighted by Gasteiger charge is 2.07. The number of carbonyl (C=O) groups excluding carboxylic acids is 1. The van der Waals surface area contributed by atoms with Crippen LogP contribution in [0.3, 0.4) is 0 Å². The van der Waals surface area contributed by atoms with Crippen molar-refractivity contribution in [3.63, 3.8) is 0 Å². The maximum atomic E-state index is 11.8. The molecule has 0 saturated heterocycles. The van der Waals surface area contributed by atoms with Crippen molar-refractivity contribution in [1.82, 2.24) is 10.3 Å². The van der Waals surface area contributed by atoms with Gasteiger partial charge in [-0.05, 0) is 5.92 Å². The third-order valence-corrected chi connectivity index (χ3v) is 2.55. The highest BCUT2D eigenvalue weighted by atomic mass is 16.5. The summed E-state index contributed by atoms with van der Waals surface area (Å²) in [6.07, 6.45) is 1.16. The zero-order chi connectivity index (χ0) is 15.8. The van der Waals surface area contributed by atoms with Crippen LogP contribution >= 0.6 is 0 Å². The van der Waals surface area contributed by atoms with E-state index in [0.717, 1.165) is 0 Å². The first-order valence-electron chi connectivity index (χ1n) is 6.71. The van der Waals surface area contributed by atoms with Crippen molar-refractivity contribution in [3.05, 3.63) is 28.2 Å². The zero-order valence-electron chi connectivity index (χ0n) is 12.1. The number of rotatable bonds is 8. The lowest BCUT2D eigenvalue weighted by Gasteiger charge is -2.09. The van der Waals surface area contributed by atoms with Crippen molar-refractivity contribution < 1.29 is 19.4 Å². The fourth-order valence-electron chi connectivity index (χ4n) is 1.47. The molecule has 1 aromatic heterocycles. The number of carboxylic acid groups (broad SMARTS) is 1. The van der Waals surface area contributed by atoms with Gasteiger partial charge in [-0.3, -0.25) is 14.4 Å². The molecule has 0 fully saturated rings. The molecule has 1 aromatic rings. The van der Waals surface area contributed by atoms with Gasteiger partial charge in [0.15, 0.2) is 5.75 Å². The number of carbonyl (C=O) groups is 2. The zero-order valence-corrected chi connectivity index (χ0v) is 12.1. The molecule has 1 rings (SSSR count). The summed E-state index contributed by atoms with van der Waals surface area (Å²) >= 11 is 0. The minimum atomic E-state index is -1.02. The van der Waals surface area contributed by atoms with Crippen molar-refractivity contribution in [2.45, 2.75) is 33.2 Å². The predicted molar refractivity (Wildman–Crippen MR) is 76.1 cm³/mol. The summed E-state index contributed by atoms with van der Waals surface area (Å²) in [5.74, 6) is -0.842. The van der Waals surface area contributed by atoms with E-state index in [1.165, 1.54) is 12.3 Å². The molecule has 0 bridgehead atoms. The van der Waals surface area contributed by atoms with Crippen molar-refractivity contribution in [2.75, 3.05) is 6.61 Å². The molecule has 0 unspecified atom stereocenters. The van der Waals surface area contributed by atoms with Crippen molar-refractivity contribution >= 4 is 11.9 Å². The molecule has 7 heteroatoms. The number of ether oxygens (including phenoxy) is 1. The molecule has 0 aliphatic rings. The summed E-state index contributed by atoms with van der Waals surface area (Å²) in [6, 6.07) is 1.35. The van der Waals surface area contributed by atoms with Crippen LogP contribution in [-0.4, -0.2) is 28.6 Å². The number of aromatic nitrogens is 1. The van der Waals surface area contributed by atoms with Crippen LogP contribution in [0.5, 0.6) is 5.75 Å². The van der Waals surface area contributed by atoms with Gasteiger partial charge in [-0.1, -0.05) is 13.8 Å². The fourth-order valence-corrected chi connectivity index (χ4v) is 1.47. The Morgan fingerprint density at radius 1 is 1.38 bits per heavy atom. The molecule has 0 atom stereocenters. The van der Waals surface area contributed by atoms with Crippen LogP contribution < -0.4 is 15.5 Å². The van der Waals surface area contributed by atoms with E-state index in [-0.39, 0.29) is 36.5 Å². The van der Waals surface area contributed by atoms with Crippen LogP contribution in [0.1, 0.15) is 32.4 Å². The van der Waals surface area contributed by atoms with Gasteiger partial charge in [-0.25, -0.2) is 0 Å². The van der Waals surface area contributed by atoms with E-state index in [4.69, 9.17) is 9.84 Å². The summed E-state index contributed by atoms with van der Waals surface area (Å²) in [6.45, 7) is 4.55. The van der Waals surface area contributed by atoms with Gasteiger partial charge in [0.05, 0.1) is 19.6 Å². The number of hydrogen-bond acceptors (Lipinski definition) is 4. The number of carboxylic acids is 1. The first kappa shape index (κ1) is 16.7. The van der Waals surface area contributed by atoms with Crippen molar-refractivity contribution in [2.24, 2.45) is 5.92 Å². The van der Waals surface area contributed by atoms with Gasteiger partial charge in [0.25, 0.3) is 0 Å². The minimum Gasteiger partial charge on any atom is -0.488 e. The number of pyridine rings is 1. The molecule has 7 nitrogen and oxygen atoms in total. The molecule has 0 radical (unpaired) electrons. The Morgan fingerprint density at radius 2 is 2.10 bits per heavy atom. The van der Waals surface area contributed by atoms with Crippen molar-refractivity contribution in [3.8, 4) is 5.75 Å². The molecular weight excluding hydrogens is 276 g/mol. The van der Waals surface area contributed by atoms with E-state index in [2.05, 4.69) is 10.3 Å². The van der Waals surface area contributed by atoms with Gasteiger partial charge >= 0.3 is 5.97 Å². The minimum absolute atomic E-state index is 0.0881. The van der Waals surface area contributed by atoms with Crippen LogP contribution in [0.2, 0.25) is 0 Å². The molecule has 21 heavy (non-hydrogen) atoms. The van der Waals surface area contributed by atoms with Gasteiger partial charge in [0.1, 0.15) is 0 Å². The predicted octanol–water partition coefficient (Wildman–Crippen LogP) is 0.891. The third kappa shape index (κ3) is 6.60. The van der Waals surface area contributed by atoms with Crippen LogP contribution in [0.4, 0.5) is 0 Å². The highest BCUT2D eigenvalue weighted by Crippen LogP contribution is 2.04. The Labute approximate surface area is 122 Å². The standard InChI is InChI=1S/C14H20N2O5/c1-9(2)8-21-12-7-15-10(5-11(12)17)6-16-13(18)3-4-14(19)20/h5,7,9H,3-4,6,8H2,1-2H3,(H,15,17)(H,16,18)(H,19,20).